The number of imide groups is 2. The van der Waals surface area contributed by atoms with Gasteiger partial charge >= 0.3 is 6.03 Å². The van der Waals surface area contributed by atoms with Crippen LogP contribution >= 0.6 is 0 Å². The molecule has 224 valence electrons. The summed E-state index contributed by atoms with van der Waals surface area (Å²) in [5.41, 5.74) is 1.00. The van der Waals surface area contributed by atoms with E-state index in [0.717, 1.165) is 33.0 Å². The van der Waals surface area contributed by atoms with Crippen molar-refractivity contribution >= 4 is 17.8 Å². The molecule has 3 atom stereocenters. The number of rotatable bonds is 8. The highest BCUT2D eigenvalue weighted by Gasteiger charge is 2.56. The maximum absolute atomic E-state index is 13.9. The van der Waals surface area contributed by atoms with E-state index in [4.69, 9.17) is 4.74 Å². The van der Waals surface area contributed by atoms with Crippen LogP contribution in [0.25, 0.3) is 0 Å². The van der Waals surface area contributed by atoms with Crippen LogP contribution in [-0.2, 0) is 22.6 Å². The molecule has 3 aliphatic rings. The largest absolute Gasteiger partial charge is 0.491 e. The molecule has 2 bridgehead atoms. The minimum Gasteiger partial charge on any atom is -0.491 e. The van der Waals surface area contributed by atoms with Gasteiger partial charge in [-0.3, -0.25) is 24.2 Å². The molecule has 2 fully saturated rings. The number of benzene rings is 2. The Morgan fingerprint density at radius 3 is 2.26 bits per heavy atom. The first-order chi connectivity index (χ1) is 20.7. The third-order valence-corrected chi connectivity index (χ3v) is 9.07. The second kappa shape index (κ2) is 11.4. The molecular weight excluding hydrogens is 548 g/mol. The van der Waals surface area contributed by atoms with Crippen molar-refractivity contribution in [1.29, 1.82) is 0 Å². The quantitative estimate of drug-likeness (QED) is 0.405. The van der Waals surface area contributed by atoms with Crippen LogP contribution in [0.2, 0.25) is 0 Å². The number of aliphatic hydroxyl groups is 1. The number of nitrogens with zero attached hydrogens (tertiary/aromatic N) is 4. The second-order valence-corrected chi connectivity index (χ2v) is 12.0. The van der Waals surface area contributed by atoms with Gasteiger partial charge in [-0.05, 0) is 48.1 Å². The standard InChI is InChI=1S/C33H36N4O6/c1-34-30(40)33(31(41)35(2)32(34)42,21-36-17-23-15-25(19-36)27-9-6-10-29(39)37(27)18-23)16-22-11-13-26(14-12-22)43-20-28(38)24-7-4-3-5-8-24/h3-14,23,25,28,38H,15-21H2,1-2H3/t23-,25-,28-/m0/s1. The second-order valence-electron chi connectivity index (χ2n) is 12.0. The molecule has 1 N–H and O–H groups in total. The molecule has 3 aromatic rings. The molecule has 0 radical (unpaired) electrons. The number of carbonyl (C=O) groups excluding carboxylic acids is 3. The molecule has 3 aliphatic heterocycles. The van der Waals surface area contributed by atoms with Gasteiger partial charge in [0.15, 0.2) is 0 Å². The number of aliphatic hydroxyl groups excluding tert-OH is 1. The van der Waals surface area contributed by atoms with Gasteiger partial charge in [-0.1, -0.05) is 48.5 Å². The average molecular weight is 585 g/mol. The number of aromatic nitrogens is 1. The molecule has 0 spiro atoms. The van der Waals surface area contributed by atoms with Crippen LogP contribution in [0.4, 0.5) is 4.79 Å². The molecule has 4 heterocycles. The lowest BCUT2D eigenvalue weighted by Crippen LogP contribution is -2.67. The van der Waals surface area contributed by atoms with Crippen molar-refractivity contribution in [2.45, 2.75) is 31.4 Å². The number of likely N-dealkylation sites (tertiary alicyclic amines) is 1. The first-order valence-corrected chi connectivity index (χ1v) is 14.6. The molecular formula is C33H36N4O6. The van der Waals surface area contributed by atoms with E-state index in [2.05, 4.69) is 4.90 Å². The van der Waals surface area contributed by atoms with Crippen LogP contribution in [0.1, 0.15) is 35.3 Å². The van der Waals surface area contributed by atoms with Crippen molar-refractivity contribution in [2.75, 3.05) is 40.3 Å². The molecule has 0 aliphatic carbocycles. The summed E-state index contributed by atoms with van der Waals surface area (Å²) in [6.45, 7) is 2.11. The summed E-state index contributed by atoms with van der Waals surface area (Å²) in [5, 5.41) is 10.4. The predicted molar refractivity (Wildman–Crippen MR) is 158 cm³/mol. The Morgan fingerprint density at radius 2 is 1.56 bits per heavy atom. The van der Waals surface area contributed by atoms with Crippen molar-refractivity contribution in [3.63, 3.8) is 0 Å². The van der Waals surface area contributed by atoms with E-state index in [1.54, 1.807) is 24.3 Å². The molecule has 1 aromatic heterocycles. The average Bonchev–Trinajstić information content (AvgIpc) is 3.02. The Bertz CT molecular complexity index is 1560. The van der Waals surface area contributed by atoms with Gasteiger partial charge < -0.3 is 19.3 Å². The summed E-state index contributed by atoms with van der Waals surface area (Å²) in [6, 6.07) is 21.1. The third-order valence-electron chi connectivity index (χ3n) is 9.07. The number of carbonyl (C=O) groups is 3. The molecule has 10 heteroatoms. The first kappa shape index (κ1) is 28.8. The van der Waals surface area contributed by atoms with Crippen molar-refractivity contribution < 1.29 is 24.2 Å². The summed E-state index contributed by atoms with van der Waals surface area (Å²) in [7, 11) is 2.84. The molecule has 10 nitrogen and oxygen atoms in total. The van der Waals surface area contributed by atoms with Crippen LogP contribution in [0.5, 0.6) is 5.75 Å². The molecule has 0 unspecified atom stereocenters. The number of amides is 4. The Hall–Kier alpha value is -4.28. The number of hydrogen-bond acceptors (Lipinski definition) is 7. The number of urea groups is 1. The molecule has 2 aromatic carbocycles. The number of fused-ring (bicyclic) bond motifs is 4. The Labute approximate surface area is 250 Å². The normalized spacial score (nSPS) is 22.3. The van der Waals surface area contributed by atoms with Gasteiger partial charge in [-0.15, -0.1) is 0 Å². The lowest BCUT2D eigenvalue weighted by Gasteiger charge is -2.48. The first-order valence-electron chi connectivity index (χ1n) is 14.6. The van der Waals surface area contributed by atoms with Crippen molar-refractivity contribution in [2.24, 2.45) is 11.3 Å². The number of ether oxygens (including phenoxy) is 1. The lowest BCUT2D eigenvalue weighted by molar-refractivity contribution is -0.159. The SMILES string of the molecule is CN1C(=O)N(C)C(=O)C(Cc2ccc(OC[C@H](O)c3ccccc3)cc2)(CN2C[C@@H]3C[C@@H](C2)c2cccc(=O)n2C3)C1=O. The van der Waals surface area contributed by atoms with E-state index in [1.165, 1.54) is 14.1 Å². The molecule has 43 heavy (non-hydrogen) atoms. The topological polar surface area (TPSA) is 112 Å². The molecule has 4 amide bonds. The highest BCUT2D eigenvalue weighted by molar-refractivity contribution is 6.19. The third kappa shape index (κ3) is 5.36. The molecule has 6 rings (SSSR count). The van der Waals surface area contributed by atoms with E-state index in [-0.39, 0.29) is 37.0 Å². The summed E-state index contributed by atoms with van der Waals surface area (Å²) in [6.07, 6.45) is 0.287. The number of pyridine rings is 1. The van der Waals surface area contributed by atoms with Crippen LogP contribution in [-0.4, -0.2) is 82.6 Å². The van der Waals surface area contributed by atoms with Crippen LogP contribution in [0.3, 0.4) is 0 Å². The van der Waals surface area contributed by atoms with Crippen molar-refractivity contribution in [1.82, 2.24) is 19.3 Å². The fourth-order valence-electron chi connectivity index (χ4n) is 6.98. The lowest BCUT2D eigenvalue weighted by atomic mass is 9.75. The highest BCUT2D eigenvalue weighted by atomic mass is 16.5. The zero-order valence-electron chi connectivity index (χ0n) is 24.4. The number of piperidine rings is 1. The van der Waals surface area contributed by atoms with Crippen LogP contribution in [0, 0.1) is 11.3 Å². The van der Waals surface area contributed by atoms with Gasteiger partial charge in [0.1, 0.15) is 23.9 Å². The summed E-state index contributed by atoms with van der Waals surface area (Å²) in [5.74, 6) is -0.140. The van der Waals surface area contributed by atoms with Gasteiger partial charge in [-0.2, -0.15) is 0 Å². The fraction of sp³-hybridized carbons (Fsp3) is 0.394. The zero-order chi connectivity index (χ0) is 30.3. The Morgan fingerprint density at radius 1 is 0.860 bits per heavy atom. The minimum atomic E-state index is -1.49. The summed E-state index contributed by atoms with van der Waals surface area (Å²) in [4.78, 5) is 57.2. The van der Waals surface area contributed by atoms with E-state index >= 15 is 0 Å². The van der Waals surface area contributed by atoms with E-state index < -0.39 is 29.4 Å². The van der Waals surface area contributed by atoms with E-state index in [1.807, 2.05) is 53.1 Å². The molecule has 2 saturated heterocycles. The highest BCUT2D eigenvalue weighted by Crippen LogP contribution is 2.39. The maximum Gasteiger partial charge on any atom is 0.332 e. The van der Waals surface area contributed by atoms with Crippen molar-refractivity contribution in [3.8, 4) is 5.75 Å². The van der Waals surface area contributed by atoms with E-state index in [0.29, 0.717) is 25.4 Å². The van der Waals surface area contributed by atoms with Gasteiger partial charge in [0, 0.05) is 58.0 Å². The zero-order valence-corrected chi connectivity index (χ0v) is 24.4. The summed E-state index contributed by atoms with van der Waals surface area (Å²) >= 11 is 0. The molecule has 0 saturated carbocycles. The smallest absolute Gasteiger partial charge is 0.332 e. The van der Waals surface area contributed by atoms with Crippen LogP contribution in [0.15, 0.2) is 77.6 Å². The van der Waals surface area contributed by atoms with Gasteiger partial charge in [0.2, 0.25) is 11.8 Å². The Kier molecular flexibility index (Phi) is 7.66. The van der Waals surface area contributed by atoms with Gasteiger partial charge in [0.25, 0.3) is 5.56 Å². The number of barbiturate groups is 1. The number of hydrogen-bond donors (Lipinski definition) is 1. The van der Waals surface area contributed by atoms with Gasteiger partial charge in [-0.25, -0.2) is 4.79 Å². The minimum absolute atomic E-state index is 0.00137. The summed E-state index contributed by atoms with van der Waals surface area (Å²) < 4.78 is 7.66. The fourth-order valence-corrected chi connectivity index (χ4v) is 6.98. The van der Waals surface area contributed by atoms with Gasteiger partial charge in [0.05, 0.1) is 0 Å². The monoisotopic (exact) mass is 584 g/mol. The van der Waals surface area contributed by atoms with E-state index in [9.17, 15) is 24.3 Å². The maximum atomic E-state index is 13.9. The van der Waals surface area contributed by atoms with Crippen LogP contribution < -0.4 is 10.3 Å². The van der Waals surface area contributed by atoms with Crippen molar-refractivity contribution in [3.05, 3.63) is 100.0 Å². The Balaban J connectivity index is 1.23. The predicted octanol–water partition coefficient (Wildman–Crippen LogP) is 2.66.